The van der Waals surface area contributed by atoms with Crippen molar-refractivity contribution in [1.82, 2.24) is 4.90 Å². The molecule has 2 heterocycles. The van der Waals surface area contributed by atoms with Gasteiger partial charge in [0.05, 0.1) is 0 Å². The second-order valence-corrected chi connectivity index (χ2v) is 8.02. The van der Waals surface area contributed by atoms with Gasteiger partial charge in [-0.15, -0.1) is 0 Å². The molecule has 1 aromatic rings. The summed E-state index contributed by atoms with van der Waals surface area (Å²) in [5, 5.41) is 4.39. The molecule has 0 radical (unpaired) electrons. The lowest BCUT2D eigenvalue weighted by molar-refractivity contribution is 0.0871. The highest BCUT2D eigenvalue weighted by Crippen LogP contribution is 2.41. The summed E-state index contributed by atoms with van der Waals surface area (Å²) in [6.45, 7) is 6.49. The Morgan fingerprint density at radius 2 is 2.17 bits per heavy atom. The van der Waals surface area contributed by atoms with Crippen LogP contribution in [0.2, 0.25) is 0 Å². The predicted molar refractivity (Wildman–Crippen MR) is 83.3 cm³/mol. The van der Waals surface area contributed by atoms with E-state index in [2.05, 4.69) is 54.4 Å². The van der Waals surface area contributed by atoms with Crippen molar-refractivity contribution in [3.63, 3.8) is 0 Å². The molecule has 4 heteroatoms. The van der Waals surface area contributed by atoms with E-state index in [9.17, 15) is 0 Å². The van der Waals surface area contributed by atoms with E-state index in [1.165, 1.54) is 17.7 Å². The molecule has 0 bridgehead atoms. The summed E-state index contributed by atoms with van der Waals surface area (Å²) in [4.78, 5) is 2.48. The standard InChI is InChI=1S/C14H24N2S2/c1-13(2)8-14(9-15,11-18-10-13)16(3)6-12-4-5-17-7-12/h4-5,7H,6,8-11,15H2,1-3H3. The van der Waals surface area contributed by atoms with Crippen molar-refractivity contribution in [2.75, 3.05) is 25.1 Å². The van der Waals surface area contributed by atoms with Gasteiger partial charge in [-0.05, 0) is 47.0 Å². The number of rotatable bonds is 4. The second kappa shape index (κ2) is 5.53. The molecular formula is C14H24N2S2. The zero-order chi connectivity index (χ0) is 13.2. The lowest BCUT2D eigenvalue weighted by Gasteiger charge is -2.49. The number of hydrogen-bond acceptors (Lipinski definition) is 4. The highest BCUT2D eigenvalue weighted by molar-refractivity contribution is 7.99. The van der Waals surface area contributed by atoms with Gasteiger partial charge in [0, 0.05) is 24.4 Å². The van der Waals surface area contributed by atoms with Crippen molar-refractivity contribution in [3.8, 4) is 0 Å². The summed E-state index contributed by atoms with van der Waals surface area (Å²) in [5.41, 5.74) is 8.10. The molecule has 1 saturated heterocycles. The van der Waals surface area contributed by atoms with Crippen molar-refractivity contribution in [1.29, 1.82) is 0 Å². The SMILES string of the molecule is CN(Cc1ccsc1)C1(CN)CSCC(C)(C)C1. The van der Waals surface area contributed by atoms with Gasteiger partial charge in [-0.2, -0.15) is 23.1 Å². The van der Waals surface area contributed by atoms with Crippen molar-refractivity contribution in [2.24, 2.45) is 11.1 Å². The second-order valence-electron chi connectivity index (χ2n) is 6.25. The Kier molecular flexibility index (Phi) is 4.42. The topological polar surface area (TPSA) is 29.3 Å². The number of nitrogens with two attached hydrogens (primary N) is 1. The molecule has 1 aromatic heterocycles. The van der Waals surface area contributed by atoms with E-state index in [0.717, 1.165) is 18.8 Å². The monoisotopic (exact) mass is 284 g/mol. The van der Waals surface area contributed by atoms with Gasteiger partial charge in [-0.1, -0.05) is 13.8 Å². The highest BCUT2D eigenvalue weighted by atomic mass is 32.2. The molecule has 1 fully saturated rings. The van der Waals surface area contributed by atoms with Crippen LogP contribution in [0, 0.1) is 5.41 Å². The van der Waals surface area contributed by atoms with Gasteiger partial charge in [0.15, 0.2) is 0 Å². The van der Waals surface area contributed by atoms with Gasteiger partial charge in [-0.3, -0.25) is 4.90 Å². The van der Waals surface area contributed by atoms with Crippen molar-refractivity contribution in [2.45, 2.75) is 32.4 Å². The Balaban J connectivity index is 2.11. The average molecular weight is 284 g/mol. The maximum absolute atomic E-state index is 6.14. The minimum atomic E-state index is 0.161. The lowest BCUT2D eigenvalue weighted by atomic mass is 9.79. The van der Waals surface area contributed by atoms with E-state index >= 15 is 0 Å². The molecule has 1 atom stereocenters. The van der Waals surface area contributed by atoms with Crippen LogP contribution in [0.3, 0.4) is 0 Å². The Morgan fingerprint density at radius 1 is 1.39 bits per heavy atom. The first kappa shape index (κ1) is 14.4. The van der Waals surface area contributed by atoms with Crippen LogP contribution in [0.1, 0.15) is 25.8 Å². The van der Waals surface area contributed by atoms with Gasteiger partial charge in [0.1, 0.15) is 0 Å². The number of thiophene rings is 1. The molecule has 0 amide bonds. The number of hydrogen-bond donors (Lipinski definition) is 1. The fourth-order valence-corrected chi connectivity index (χ4v) is 5.10. The molecule has 0 saturated carbocycles. The summed E-state index contributed by atoms with van der Waals surface area (Å²) in [6.07, 6.45) is 1.20. The van der Waals surface area contributed by atoms with E-state index in [-0.39, 0.29) is 5.54 Å². The van der Waals surface area contributed by atoms with Crippen LogP contribution < -0.4 is 5.73 Å². The van der Waals surface area contributed by atoms with Crippen LogP contribution in [-0.2, 0) is 6.54 Å². The Morgan fingerprint density at radius 3 is 2.72 bits per heavy atom. The third-order valence-corrected chi connectivity index (χ3v) is 6.32. The lowest BCUT2D eigenvalue weighted by Crippen LogP contribution is -2.58. The zero-order valence-corrected chi connectivity index (χ0v) is 13.2. The Labute approximate surface area is 119 Å². The molecule has 0 aliphatic carbocycles. The molecule has 1 aliphatic rings. The smallest absolute Gasteiger partial charge is 0.0427 e. The van der Waals surface area contributed by atoms with Crippen LogP contribution in [0.4, 0.5) is 0 Å². The summed E-state index contributed by atoms with van der Waals surface area (Å²) >= 11 is 3.83. The van der Waals surface area contributed by atoms with Crippen LogP contribution in [0.15, 0.2) is 16.8 Å². The first-order valence-corrected chi connectivity index (χ1v) is 8.57. The molecule has 2 rings (SSSR count). The average Bonchev–Trinajstić information content (AvgIpc) is 2.80. The van der Waals surface area contributed by atoms with Crippen LogP contribution in [0.5, 0.6) is 0 Å². The Hall–Kier alpha value is -0.0300. The summed E-state index contributed by atoms with van der Waals surface area (Å²) in [6, 6.07) is 2.21. The normalized spacial score (nSPS) is 27.6. The number of likely N-dealkylation sites (N-methyl/N-ethyl adjacent to an activating group) is 1. The highest BCUT2D eigenvalue weighted by Gasteiger charge is 2.42. The van der Waals surface area contributed by atoms with E-state index < -0.39 is 0 Å². The fraction of sp³-hybridized carbons (Fsp3) is 0.714. The molecule has 0 spiro atoms. The maximum atomic E-state index is 6.14. The number of thioether (sulfide) groups is 1. The molecule has 1 unspecified atom stereocenters. The maximum Gasteiger partial charge on any atom is 0.0427 e. The third-order valence-electron chi connectivity index (χ3n) is 3.86. The predicted octanol–water partition coefficient (Wildman–Crippen LogP) is 3.04. The van der Waals surface area contributed by atoms with Crippen molar-refractivity contribution >= 4 is 23.1 Å². The fourth-order valence-electron chi connectivity index (χ4n) is 2.87. The number of nitrogens with zero attached hydrogens (tertiary/aromatic N) is 1. The van der Waals surface area contributed by atoms with Crippen LogP contribution >= 0.6 is 23.1 Å². The van der Waals surface area contributed by atoms with Crippen molar-refractivity contribution in [3.05, 3.63) is 22.4 Å². The largest absolute Gasteiger partial charge is 0.329 e. The molecule has 102 valence electrons. The quantitative estimate of drug-likeness (QED) is 0.921. The molecule has 0 aromatic carbocycles. The first-order valence-electron chi connectivity index (χ1n) is 6.48. The minimum Gasteiger partial charge on any atom is -0.329 e. The van der Waals surface area contributed by atoms with Crippen molar-refractivity contribution < 1.29 is 0 Å². The van der Waals surface area contributed by atoms with E-state index in [1.807, 2.05) is 0 Å². The van der Waals surface area contributed by atoms with Crippen LogP contribution in [-0.4, -0.2) is 35.5 Å². The van der Waals surface area contributed by atoms with Gasteiger partial charge in [0.2, 0.25) is 0 Å². The van der Waals surface area contributed by atoms with Gasteiger partial charge in [-0.25, -0.2) is 0 Å². The molecule has 1 aliphatic heterocycles. The molecule has 2 N–H and O–H groups in total. The summed E-state index contributed by atoms with van der Waals surface area (Å²) < 4.78 is 0. The zero-order valence-electron chi connectivity index (χ0n) is 11.6. The van der Waals surface area contributed by atoms with E-state index in [0.29, 0.717) is 5.41 Å². The van der Waals surface area contributed by atoms with Crippen LogP contribution in [0.25, 0.3) is 0 Å². The Bertz CT molecular complexity index is 375. The van der Waals surface area contributed by atoms with Gasteiger partial charge in [0.25, 0.3) is 0 Å². The van der Waals surface area contributed by atoms with E-state index in [1.54, 1.807) is 11.3 Å². The first-order chi connectivity index (χ1) is 8.47. The summed E-state index contributed by atoms with van der Waals surface area (Å²) in [7, 11) is 2.23. The molecular weight excluding hydrogens is 260 g/mol. The van der Waals surface area contributed by atoms with Gasteiger partial charge < -0.3 is 5.73 Å². The minimum absolute atomic E-state index is 0.161. The molecule has 2 nitrogen and oxygen atoms in total. The third kappa shape index (κ3) is 3.10. The van der Waals surface area contributed by atoms with E-state index in [4.69, 9.17) is 5.73 Å². The summed E-state index contributed by atoms with van der Waals surface area (Å²) in [5.74, 6) is 2.41. The van der Waals surface area contributed by atoms with Gasteiger partial charge >= 0.3 is 0 Å². The molecule has 18 heavy (non-hydrogen) atoms.